The number of fused-ring (bicyclic) bond motifs is 1. The quantitative estimate of drug-likeness (QED) is 0.424. The van der Waals surface area contributed by atoms with Crippen LogP contribution in [0.5, 0.6) is 11.5 Å². The second-order valence-electron chi connectivity index (χ2n) is 6.78. The lowest BCUT2D eigenvalue weighted by Crippen LogP contribution is -2.38. The van der Waals surface area contributed by atoms with Gasteiger partial charge in [-0.3, -0.25) is 4.79 Å². The number of nitrogens with one attached hydrogen (secondary N) is 1. The molecule has 1 amide bonds. The lowest BCUT2D eigenvalue weighted by Gasteiger charge is -2.15. The van der Waals surface area contributed by atoms with Crippen molar-refractivity contribution in [2.24, 2.45) is 5.73 Å². The molecule has 0 bridgehead atoms. The highest BCUT2D eigenvalue weighted by atomic mass is 19.1. The van der Waals surface area contributed by atoms with Crippen LogP contribution in [0.2, 0.25) is 0 Å². The molecular weight excluding hydrogens is 399 g/mol. The number of ether oxygens (including phenoxy) is 1. The third-order valence-electron chi connectivity index (χ3n) is 4.61. The van der Waals surface area contributed by atoms with Crippen molar-refractivity contribution in [3.05, 3.63) is 78.6 Å². The first kappa shape index (κ1) is 20.2. The van der Waals surface area contributed by atoms with E-state index in [4.69, 9.17) is 10.5 Å². The summed E-state index contributed by atoms with van der Waals surface area (Å²) in [5.74, 6) is 0.250. The van der Waals surface area contributed by atoms with Crippen LogP contribution in [0.15, 0.2) is 72.8 Å². The fraction of sp³-hybridized carbons (Fsp3) is 0.0870. The predicted octanol–water partition coefficient (Wildman–Crippen LogP) is 3.49. The minimum absolute atomic E-state index is 0.179. The van der Waals surface area contributed by atoms with E-state index in [0.29, 0.717) is 22.7 Å². The first-order chi connectivity index (χ1) is 15.0. The number of rotatable bonds is 7. The van der Waals surface area contributed by atoms with E-state index in [-0.39, 0.29) is 11.8 Å². The van der Waals surface area contributed by atoms with E-state index in [0.717, 1.165) is 10.9 Å². The summed E-state index contributed by atoms with van der Waals surface area (Å²) in [5.41, 5.74) is 7.40. The maximum absolute atomic E-state index is 13.1. The maximum atomic E-state index is 13.1. The van der Waals surface area contributed by atoms with Crippen LogP contribution >= 0.6 is 0 Å². The molecule has 3 aromatic carbocycles. The summed E-state index contributed by atoms with van der Waals surface area (Å²) >= 11 is 0. The smallest absolute Gasteiger partial charge is 0.242 e. The summed E-state index contributed by atoms with van der Waals surface area (Å²) in [6.07, 6.45) is 0. The van der Waals surface area contributed by atoms with Crippen LogP contribution in [0.4, 0.5) is 10.3 Å². The summed E-state index contributed by atoms with van der Waals surface area (Å²) in [4.78, 5) is 20.4. The van der Waals surface area contributed by atoms with Gasteiger partial charge in [0.05, 0.1) is 17.8 Å². The number of anilines is 1. The Morgan fingerprint density at radius 1 is 1.00 bits per heavy atom. The minimum Gasteiger partial charge on any atom is -0.457 e. The molecule has 7 nitrogen and oxygen atoms in total. The Balaban J connectivity index is 1.67. The number of amides is 1. The highest BCUT2D eigenvalue weighted by Gasteiger charge is 2.17. The fourth-order valence-electron chi connectivity index (χ4n) is 3.04. The van der Waals surface area contributed by atoms with Gasteiger partial charge in [-0.1, -0.05) is 18.2 Å². The molecule has 0 spiro atoms. The summed E-state index contributed by atoms with van der Waals surface area (Å²) in [7, 11) is 0. The fourth-order valence-corrected chi connectivity index (χ4v) is 3.04. The van der Waals surface area contributed by atoms with E-state index in [1.54, 1.807) is 24.3 Å². The predicted molar refractivity (Wildman–Crippen MR) is 115 cm³/mol. The third kappa shape index (κ3) is 4.59. The first-order valence-corrected chi connectivity index (χ1v) is 9.51. The van der Waals surface area contributed by atoms with E-state index in [1.165, 1.54) is 12.1 Å². The Morgan fingerprint density at radius 3 is 2.29 bits per heavy atom. The van der Waals surface area contributed by atoms with Crippen molar-refractivity contribution in [1.29, 1.82) is 0 Å². The van der Waals surface area contributed by atoms with Gasteiger partial charge in [-0.2, -0.15) is 0 Å². The normalized spacial score (nSPS) is 11.8. The SMILES string of the molecule is NC(=O)C(CO)Nc1nc(-c2ccc(Oc3ccc(F)cc3)cc2)c2ccccc2n1. The molecule has 4 aromatic rings. The van der Waals surface area contributed by atoms with Gasteiger partial charge < -0.3 is 20.9 Å². The molecule has 4 rings (SSSR count). The Morgan fingerprint density at radius 2 is 1.65 bits per heavy atom. The largest absolute Gasteiger partial charge is 0.457 e. The topological polar surface area (TPSA) is 110 Å². The number of aromatic nitrogens is 2. The van der Waals surface area contributed by atoms with Crippen LogP contribution in [0.3, 0.4) is 0 Å². The number of nitrogens with two attached hydrogens (primary N) is 1. The molecule has 1 aromatic heterocycles. The molecule has 156 valence electrons. The van der Waals surface area contributed by atoms with Gasteiger partial charge in [0, 0.05) is 10.9 Å². The van der Waals surface area contributed by atoms with Gasteiger partial charge in [-0.05, 0) is 54.6 Å². The Kier molecular flexibility index (Phi) is 5.72. The number of para-hydroxylation sites is 1. The molecule has 1 heterocycles. The zero-order chi connectivity index (χ0) is 21.8. The number of halogens is 1. The van der Waals surface area contributed by atoms with Crippen molar-refractivity contribution >= 4 is 22.8 Å². The van der Waals surface area contributed by atoms with Crippen LogP contribution in [-0.2, 0) is 4.79 Å². The molecule has 1 unspecified atom stereocenters. The number of hydrogen-bond donors (Lipinski definition) is 3. The van der Waals surface area contributed by atoms with Gasteiger partial charge in [0.1, 0.15) is 23.4 Å². The van der Waals surface area contributed by atoms with E-state index in [2.05, 4.69) is 15.3 Å². The van der Waals surface area contributed by atoms with Crippen molar-refractivity contribution < 1.29 is 19.0 Å². The van der Waals surface area contributed by atoms with Gasteiger partial charge in [0.2, 0.25) is 11.9 Å². The number of carbonyl (C=O) groups excluding carboxylic acids is 1. The lowest BCUT2D eigenvalue weighted by molar-refractivity contribution is -0.119. The van der Waals surface area contributed by atoms with E-state index >= 15 is 0 Å². The molecule has 0 aliphatic carbocycles. The molecule has 8 heteroatoms. The van der Waals surface area contributed by atoms with E-state index in [9.17, 15) is 14.3 Å². The molecule has 0 saturated heterocycles. The average molecular weight is 418 g/mol. The summed E-state index contributed by atoms with van der Waals surface area (Å²) in [6.45, 7) is -0.476. The van der Waals surface area contributed by atoms with E-state index < -0.39 is 18.6 Å². The Labute approximate surface area is 177 Å². The molecule has 0 radical (unpaired) electrons. The number of aliphatic hydroxyl groups excluding tert-OH is 1. The molecule has 0 aliphatic rings. The maximum Gasteiger partial charge on any atom is 0.242 e. The number of nitrogens with zero attached hydrogens (tertiary/aromatic N) is 2. The van der Waals surface area contributed by atoms with Gasteiger partial charge in [0.15, 0.2) is 0 Å². The molecule has 1 atom stereocenters. The van der Waals surface area contributed by atoms with Gasteiger partial charge >= 0.3 is 0 Å². The van der Waals surface area contributed by atoms with Crippen molar-refractivity contribution in [1.82, 2.24) is 9.97 Å². The minimum atomic E-state index is -1.000. The van der Waals surface area contributed by atoms with Crippen LogP contribution in [-0.4, -0.2) is 33.6 Å². The van der Waals surface area contributed by atoms with Crippen LogP contribution < -0.4 is 15.8 Å². The second kappa shape index (κ2) is 8.76. The Bertz CT molecular complexity index is 1210. The molecular formula is C23H19FN4O3. The number of hydrogen-bond acceptors (Lipinski definition) is 6. The standard InChI is InChI=1S/C23H19FN4O3/c24-15-7-11-17(12-8-15)31-16-9-5-14(6-10-16)21-18-3-1-2-4-19(18)26-23(28-21)27-20(13-29)22(25)30/h1-12,20,29H,13H2,(H2,25,30)(H,26,27,28). The number of primary amides is 1. The highest BCUT2D eigenvalue weighted by Crippen LogP contribution is 2.30. The number of aliphatic hydroxyl groups is 1. The summed E-state index contributed by atoms with van der Waals surface area (Å²) < 4.78 is 18.8. The number of carbonyl (C=O) groups is 1. The second-order valence-corrected chi connectivity index (χ2v) is 6.78. The van der Waals surface area contributed by atoms with Crippen molar-refractivity contribution in [3.63, 3.8) is 0 Å². The monoisotopic (exact) mass is 418 g/mol. The lowest BCUT2D eigenvalue weighted by atomic mass is 10.1. The van der Waals surface area contributed by atoms with Gasteiger partial charge in [-0.25, -0.2) is 14.4 Å². The van der Waals surface area contributed by atoms with E-state index in [1.807, 2.05) is 36.4 Å². The van der Waals surface area contributed by atoms with Crippen LogP contribution in [0.25, 0.3) is 22.2 Å². The summed E-state index contributed by atoms with van der Waals surface area (Å²) in [5, 5.41) is 13.0. The van der Waals surface area contributed by atoms with Crippen LogP contribution in [0.1, 0.15) is 0 Å². The van der Waals surface area contributed by atoms with Crippen molar-refractivity contribution in [2.45, 2.75) is 6.04 Å². The van der Waals surface area contributed by atoms with Crippen molar-refractivity contribution in [2.75, 3.05) is 11.9 Å². The first-order valence-electron chi connectivity index (χ1n) is 9.51. The molecule has 0 fully saturated rings. The van der Waals surface area contributed by atoms with Gasteiger partial charge in [0.25, 0.3) is 0 Å². The molecule has 31 heavy (non-hydrogen) atoms. The Hall–Kier alpha value is -4.04. The highest BCUT2D eigenvalue weighted by molar-refractivity contribution is 5.93. The third-order valence-corrected chi connectivity index (χ3v) is 4.61. The summed E-state index contributed by atoms with van der Waals surface area (Å²) in [6, 6.07) is 19.5. The van der Waals surface area contributed by atoms with Crippen LogP contribution in [0, 0.1) is 5.82 Å². The van der Waals surface area contributed by atoms with Gasteiger partial charge in [-0.15, -0.1) is 0 Å². The van der Waals surface area contributed by atoms with Crippen molar-refractivity contribution in [3.8, 4) is 22.8 Å². The molecule has 4 N–H and O–H groups in total. The molecule has 0 aliphatic heterocycles. The number of benzene rings is 3. The average Bonchev–Trinajstić information content (AvgIpc) is 2.79. The molecule has 0 saturated carbocycles. The zero-order valence-corrected chi connectivity index (χ0v) is 16.3. The zero-order valence-electron chi connectivity index (χ0n) is 16.3.